The van der Waals surface area contributed by atoms with Gasteiger partial charge in [0.1, 0.15) is 5.60 Å². The molecule has 2 rings (SSSR count). The number of rotatable bonds is 6. The van der Waals surface area contributed by atoms with E-state index in [1.54, 1.807) is 19.1 Å². The van der Waals surface area contributed by atoms with Gasteiger partial charge in [0.15, 0.2) is 0 Å². The zero-order valence-electron chi connectivity index (χ0n) is 15.9. The third-order valence-corrected chi connectivity index (χ3v) is 5.03. The molecule has 0 fully saturated rings. The Labute approximate surface area is 155 Å². The summed E-state index contributed by atoms with van der Waals surface area (Å²) >= 11 is 0. The predicted molar refractivity (Wildman–Crippen MR) is 103 cm³/mol. The zero-order chi connectivity index (χ0) is 19.4. The first-order valence-electron chi connectivity index (χ1n) is 8.81. The van der Waals surface area contributed by atoms with Crippen LogP contribution in [0.4, 0.5) is 0 Å². The minimum absolute atomic E-state index is 0.0745. The van der Waals surface area contributed by atoms with Crippen molar-refractivity contribution in [2.24, 2.45) is 5.41 Å². The Morgan fingerprint density at radius 1 is 1.31 bits per heavy atom. The van der Waals surface area contributed by atoms with Crippen molar-refractivity contribution in [1.29, 1.82) is 0 Å². The number of allylic oxidation sites excluding steroid dienone is 2. The largest absolute Gasteiger partial charge is 0.478 e. The molecule has 2 atom stereocenters. The third kappa shape index (κ3) is 4.71. The molecule has 0 saturated carbocycles. The zero-order valence-corrected chi connectivity index (χ0v) is 15.9. The van der Waals surface area contributed by atoms with E-state index in [1.165, 1.54) is 0 Å². The highest BCUT2D eigenvalue weighted by molar-refractivity contribution is 5.81. The van der Waals surface area contributed by atoms with Crippen molar-refractivity contribution in [2.75, 3.05) is 0 Å². The van der Waals surface area contributed by atoms with E-state index < -0.39 is 17.0 Å². The molecule has 0 unspecified atom stereocenters. The van der Waals surface area contributed by atoms with Crippen LogP contribution < -0.4 is 0 Å². The van der Waals surface area contributed by atoms with Gasteiger partial charge >= 0.3 is 5.97 Å². The Kier molecular flexibility index (Phi) is 6.21. The standard InChI is InChI=1S/C22H28O4/c1-16(12-20(23)24)10-11-22(25)17(2)13-19(14-21(22,3)4)26-15-18-8-6-5-7-9-18/h5-13,19,25H,14-15H2,1-4H3,(H,23,24)/b11-10+,16-12-/t19-,22-/m0/s1. The minimum Gasteiger partial charge on any atom is -0.478 e. The van der Waals surface area contributed by atoms with Crippen LogP contribution in [-0.4, -0.2) is 27.9 Å². The first kappa shape index (κ1) is 20.1. The molecule has 1 aromatic carbocycles. The van der Waals surface area contributed by atoms with Gasteiger partial charge in [-0.3, -0.25) is 0 Å². The number of carbonyl (C=O) groups is 1. The van der Waals surface area contributed by atoms with E-state index in [9.17, 15) is 9.90 Å². The van der Waals surface area contributed by atoms with Crippen molar-refractivity contribution in [1.82, 2.24) is 0 Å². The molecule has 1 aliphatic carbocycles. The van der Waals surface area contributed by atoms with E-state index in [4.69, 9.17) is 9.84 Å². The Balaban J connectivity index is 2.17. The van der Waals surface area contributed by atoms with Crippen LogP contribution >= 0.6 is 0 Å². The van der Waals surface area contributed by atoms with Crippen molar-refractivity contribution in [3.05, 3.63) is 71.3 Å². The second-order valence-electron chi connectivity index (χ2n) is 7.60. The second kappa shape index (κ2) is 8.02. The van der Waals surface area contributed by atoms with E-state index >= 15 is 0 Å². The van der Waals surface area contributed by atoms with Gasteiger partial charge in [-0.2, -0.15) is 0 Å². The summed E-state index contributed by atoms with van der Waals surface area (Å²) < 4.78 is 6.05. The van der Waals surface area contributed by atoms with E-state index in [1.807, 2.05) is 57.2 Å². The molecule has 0 radical (unpaired) electrons. The van der Waals surface area contributed by atoms with Crippen molar-refractivity contribution in [2.45, 2.75) is 52.4 Å². The predicted octanol–water partition coefficient (Wildman–Crippen LogP) is 4.27. The fraction of sp³-hybridized carbons (Fsp3) is 0.409. The molecule has 26 heavy (non-hydrogen) atoms. The number of aliphatic hydroxyl groups is 1. The van der Waals surface area contributed by atoms with E-state index in [0.717, 1.165) is 17.2 Å². The number of aliphatic carboxylic acids is 1. The average Bonchev–Trinajstić information content (AvgIpc) is 2.56. The summed E-state index contributed by atoms with van der Waals surface area (Å²) in [7, 11) is 0. The molecule has 140 valence electrons. The van der Waals surface area contributed by atoms with E-state index in [0.29, 0.717) is 18.6 Å². The summed E-state index contributed by atoms with van der Waals surface area (Å²) in [6, 6.07) is 10.0. The maximum absolute atomic E-state index is 11.3. The number of benzene rings is 1. The molecular formula is C22H28O4. The van der Waals surface area contributed by atoms with Crippen molar-refractivity contribution < 1.29 is 19.7 Å². The minimum atomic E-state index is -1.15. The average molecular weight is 356 g/mol. The molecule has 0 aliphatic heterocycles. The van der Waals surface area contributed by atoms with Crippen molar-refractivity contribution in [3.8, 4) is 0 Å². The summed E-state index contributed by atoms with van der Waals surface area (Å²) in [5, 5.41) is 20.1. The fourth-order valence-electron chi connectivity index (χ4n) is 3.39. The van der Waals surface area contributed by atoms with Crippen LogP contribution in [0.5, 0.6) is 0 Å². The third-order valence-electron chi connectivity index (χ3n) is 5.03. The number of ether oxygens (including phenoxy) is 1. The monoisotopic (exact) mass is 356 g/mol. The lowest BCUT2D eigenvalue weighted by Crippen LogP contribution is -2.49. The Bertz CT molecular complexity index is 728. The molecule has 0 aromatic heterocycles. The van der Waals surface area contributed by atoms with Gasteiger partial charge in [0.2, 0.25) is 0 Å². The van der Waals surface area contributed by atoms with E-state index in [2.05, 4.69) is 0 Å². The van der Waals surface area contributed by atoms with Crippen LogP contribution in [-0.2, 0) is 16.1 Å². The van der Waals surface area contributed by atoms with Gasteiger partial charge in [0.05, 0.1) is 12.7 Å². The molecule has 0 bridgehead atoms. The summed E-state index contributed by atoms with van der Waals surface area (Å²) in [5.74, 6) is -0.997. The van der Waals surface area contributed by atoms with Crippen LogP contribution in [0.15, 0.2) is 65.8 Å². The SMILES string of the molecule is CC1=C[C@H](OCc2ccccc2)CC(C)(C)[C@]1(O)/C=C/C(C)=C\C(=O)O. The van der Waals surface area contributed by atoms with Crippen LogP contribution in [0.2, 0.25) is 0 Å². The molecule has 0 amide bonds. The summed E-state index contributed by atoms with van der Waals surface area (Å²) in [6.45, 7) is 8.13. The van der Waals surface area contributed by atoms with Crippen LogP contribution in [0.25, 0.3) is 0 Å². The van der Waals surface area contributed by atoms with Gasteiger partial charge in [-0.1, -0.05) is 56.3 Å². The van der Waals surface area contributed by atoms with Gasteiger partial charge in [-0.05, 0) is 43.1 Å². The van der Waals surface area contributed by atoms with Crippen molar-refractivity contribution in [3.63, 3.8) is 0 Å². The maximum Gasteiger partial charge on any atom is 0.328 e. The number of carboxylic acids is 1. The number of hydrogen-bond donors (Lipinski definition) is 2. The highest BCUT2D eigenvalue weighted by Gasteiger charge is 2.47. The lowest BCUT2D eigenvalue weighted by atomic mass is 9.64. The van der Waals surface area contributed by atoms with Gasteiger partial charge in [-0.25, -0.2) is 4.79 Å². The van der Waals surface area contributed by atoms with Gasteiger partial charge in [-0.15, -0.1) is 0 Å². The molecule has 2 N–H and O–H groups in total. The Hall–Kier alpha value is -2.17. The highest BCUT2D eigenvalue weighted by Crippen LogP contribution is 2.46. The first-order chi connectivity index (χ1) is 12.1. The van der Waals surface area contributed by atoms with Crippen LogP contribution in [0, 0.1) is 5.41 Å². The summed E-state index contributed by atoms with van der Waals surface area (Å²) in [5.41, 5.74) is 0.912. The highest BCUT2D eigenvalue weighted by atomic mass is 16.5. The number of hydrogen-bond acceptors (Lipinski definition) is 3. The Morgan fingerprint density at radius 3 is 2.54 bits per heavy atom. The Morgan fingerprint density at radius 2 is 1.96 bits per heavy atom. The van der Waals surface area contributed by atoms with E-state index in [-0.39, 0.29) is 6.10 Å². The van der Waals surface area contributed by atoms with Gasteiger partial charge in [0, 0.05) is 11.5 Å². The molecule has 0 spiro atoms. The van der Waals surface area contributed by atoms with Crippen molar-refractivity contribution >= 4 is 5.97 Å². The van der Waals surface area contributed by atoms with Crippen LogP contribution in [0.1, 0.15) is 39.7 Å². The first-order valence-corrected chi connectivity index (χ1v) is 8.81. The van der Waals surface area contributed by atoms with Gasteiger partial charge in [0.25, 0.3) is 0 Å². The van der Waals surface area contributed by atoms with Crippen LogP contribution in [0.3, 0.4) is 0 Å². The number of carboxylic acid groups (broad SMARTS) is 1. The molecule has 4 heteroatoms. The molecule has 1 aromatic rings. The lowest BCUT2D eigenvalue weighted by Gasteiger charge is -2.47. The second-order valence-corrected chi connectivity index (χ2v) is 7.60. The maximum atomic E-state index is 11.3. The molecule has 0 saturated heterocycles. The molecule has 0 heterocycles. The van der Waals surface area contributed by atoms with Gasteiger partial charge < -0.3 is 14.9 Å². The quantitative estimate of drug-likeness (QED) is 0.454. The molecule has 1 aliphatic rings. The smallest absolute Gasteiger partial charge is 0.328 e. The fourth-order valence-corrected chi connectivity index (χ4v) is 3.39. The molecular weight excluding hydrogens is 328 g/mol. The topological polar surface area (TPSA) is 66.8 Å². The summed E-state index contributed by atoms with van der Waals surface area (Å²) in [4.78, 5) is 10.8. The summed E-state index contributed by atoms with van der Waals surface area (Å²) in [6.07, 6.45) is 7.04. The lowest BCUT2D eigenvalue weighted by molar-refractivity contribution is -0.131. The normalized spacial score (nSPS) is 26.0. The molecule has 4 nitrogen and oxygen atoms in total.